The van der Waals surface area contributed by atoms with Crippen molar-refractivity contribution in [1.82, 2.24) is 4.57 Å². The molecule has 1 nitrogen and oxygen atoms in total. The summed E-state index contributed by atoms with van der Waals surface area (Å²) in [4.78, 5) is 0. The molecule has 296 valence electrons. The van der Waals surface area contributed by atoms with Crippen molar-refractivity contribution in [2.24, 2.45) is 0 Å². The molecule has 11 aromatic rings. The molecular formula is C62H43N. The van der Waals surface area contributed by atoms with E-state index in [1.165, 1.54) is 83.3 Å². The Morgan fingerprint density at radius 1 is 0.206 bits per heavy atom. The van der Waals surface area contributed by atoms with Crippen molar-refractivity contribution in [3.63, 3.8) is 0 Å². The van der Waals surface area contributed by atoms with E-state index in [0.717, 1.165) is 22.3 Å². The van der Waals surface area contributed by atoms with Gasteiger partial charge >= 0.3 is 0 Å². The van der Waals surface area contributed by atoms with Crippen LogP contribution in [0.3, 0.4) is 0 Å². The lowest BCUT2D eigenvalue weighted by Gasteiger charge is -2.14. The van der Waals surface area contributed by atoms with Crippen LogP contribution in [0.5, 0.6) is 0 Å². The van der Waals surface area contributed by atoms with E-state index in [9.17, 15) is 0 Å². The molecule has 1 heterocycles. The Labute approximate surface area is 369 Å². The van der Waals surface area contributed by atoms with Crippen molar-refractivity contribution in [1.29, 1.82) is 0 Å². The molecule has 0 fully saturated rings. The number of hydrogen-bond acceptors (Lipinski definition) is 0. The van der Waals surface area contributed by atoms with E-state index in [4.69, 9.17) is 0 Å². The largest absolute Gasteiger partial charge is 0.316 e. The Hall–Kier alpha value is -8.26. The Balaban J connectivity index is 1.12. The molecule has 0 aliphatic heterocycles. The van der Waals surface area contributed by atoms with E-state index in [1.54, 1.807) is 0 Å². The van der Waals surface area contributed by atoms with Crippen molar-refractivity contribution >= 4 is 10.9 Å². The highest BCUT2D eigenvalue weighted by molar-refractivity contribution is 6.03. The number of hydrogen-bond donors (Lipinski definition) is 0. The minimum atomic E-state index is 1.10. The zero-order chi connectivity index (χ0) is 42.0. The number of nitrogens with zero attached hydrogens (tertiary/aromatic N) is 1. The van der Waals surface area contributed by atoms with E-state index in [0.29, 0.717) is 0 Å². The van der Waals surface area contributed by atoms with Crippen molar-refractivity contribution in [3.05, 3.63) is 261 Å². The maximum atomic E-state index is 2.41. The molecule has 0 atom stereocenters. The minimum Gasteiger partial charge on any atom is -0.316 e. The summed E-state index contributed by atoms with van der Waals surface area (Å²) in [5.74, 6) is 0. The molecule has 0 spiro atoms. The summed E-state index contributed by atoms with van der Waals surface area (Å²) >= 11 is 0. The first-order valence-corrected chi connectivity index (χ1v) is 21.7. The third-order valence-corrected chi connectivity index (χ3v) is 12.3. The predicted molar refractivity (Wildman–Crippen MR) is 267 cm³/mol. The molecule has 63 heavy (non-hydrogen) atoms. The summed E-state index contributed by atoms with van der Waals surface area (Å²) in [7, 11) is 0. The van der Waals surface area contributed by atoms with Gasteiger partial charge in [-0.3, -0.25) is 0 Å². The Morgan fingerprint density at radius 3 is 1.00 bits per heavy atom. The standard InChI is InChI=1S/C62H43N/c1-5-17-44(18-6-1)46-29-33-48(34-30-46)53-39-54(49-35-31-47(32-36-49)45-19-7-2-8-20-45)41-55(40-53)63-43-61(59-28-16-15-26-57(59)51-23-11-4-12-24-51)60-42-52(37-38-62(60)63)58-27-14-13-25-56(58)50-21-9-3-10-22-50/h1-43H. The fraction of sp³-hybridized carbons (Fsp3) is 0. The van der Waals surface area contributed by atoms with Gasteiger partial charge in [-0.05, 0) is 114 Å². The number of rotatable bonds is 9. The van der Waals surface area contributed by atoms with Crippen LogP contribution in [0, 0.1) is 0 Å². The van der Waals surface area contributed by atoms with Crippen molar-refractivity contribution in [2.45, 2.75) is 0 Å². The average molecular weight is 802 g/mol. The van der Waals surface area contributed by atoms with Gasteiger partial charge in [-0.25, -0.2) is 0 Å². The van der Waals surface area contributed by atoms with Gasteiger partial charge in [0, 0.05) is 22.8 Å². The monoisotopic (exact) mass is 801 g/mol. The molecule has 0 radical (unpaired) electrons. The first-order valence-electron chi connectivity index (χ1n) is 21.7. The zero-order valence-corrected chi connectivity index (χ0v) is 34.8. The first-order chi connectivity index (χ1) is 31.2. The Morgan fingerprint density at radius 2 is 0.540 bits per heavy atom. The molecule has 0 unspecified atom stereocenters. The van der Waals surface area contributed by atoms with Gasteiger partial charge in [0.25, 0.3) is 0 Å². The zero-order valence-electron chi connectivity index (χ0n) is 34.8. The highest BCUT2D eigenvalue weighted by atomic mass is 15.0. The lowest BCUT2D eigenvalue weighted by molar-refractivity contribution is 1.13. The van der Waals surface area contributed by atoms with Crippen LogP contribution >= 0.6 is 0 Å². The molecule has 11 rings (SSSR count). The van der Waals surface area contributed by atoms with Crippen LogP contribution in [-0.4, -0.2) is 4.57 Å². The number of aromatic nitrogens is 1. The summed E-state index contributed by atoms with van der Waals surface area (Å²) in [5.41, 5.74) is 21.4. The lowest BCUT2D eigenvalue weighted by atomic mass is 9.91. The average Bonchev–Trinajstić information content (AvgIpc) is 3.76. The molecule has 10 aromatic carbocycles. The van der Waals surface area contributed by atoms with E-state index < -0.39 is 0 Å². The predicted octanol–water partition coefficient (Wildman–Crippen LogP) is 17.0. The highest BCUT2D eigenvalue weighted by Crippen LogP contribution is 2.42. The van der Waals surface area contributed by atoms with Crippen LogP contribution in [0.2, 0.25) is 0 Å². The highest BCUT2D eigenvalue weighted by Gasteiger charge is 2.19. The van der Waals surface area contributed by atoms with Gasteiger partial charge in [0.2, 0.25) is 0 Å². The van der Waals surface area contributed by atoms with Crippen molar-refractivity contribution < 1.29 is 0 Å². The van der Waals surface area contributed by atoms with E-state index >= 15 is 0 Å². The van der Waals surface area contributed by atoms with Crippen LogP contribution in [0.25, 0.3) is 106 Å². The second-order valence-corrected chi connectivity index (χ2v) is 16.1. The van der Waals surface area contributed by atoms with Gasteiger partial charge in [0.1, 0.15) is 0 Å². The van der Waals surface area contributed by atoms with E-state index in [2.05, 4.69) is 266 Å². The quantitative estimate of drug-likeness (QED) is 0.137. The second-order valence-electron chi connectivity index (χ2n) is 16.1. The van der Waals surface area contributed by atoms with Gasteiger partial charge in [-0.15, -0.1) is 0 Å². The molecule has 0 aliphatic rings. The molecule has 0 aliphatic carbocycles. The van der Waals surface area contributed by atoms with Crippen molar-refractivity contribution in [3.8, 4) is 94.7 Å². The normalized spacial score (nSPS) is 11.2. The van der Waals surface area contributed by atoms with Crippen LogP contribution < -0.4 is 0 Å². The van der Waals surface area contributed by atoms with Gasteiger partial charge < -0.3 is 4.57 Å². The Kier molecular flexibility index (Phi) is 9.97. The Bertz CT molecular complexity index is 3230. The lowest BCUT2D eigenvalue weighted by Crippen LogP contribution is -1.95. The molecule has 0 saturated carbocycles. The van der Waals surface area contributed by atoms with Gasteiger partial charge in [-0.1, -0.05) is 224 Å². The summed E-state index contributed by atoms with van der Waals surface area (Å²) in [6.07, 6.45) is 2.36. The summed E-state index contributed by atoms with van der Waals surface area (Å²) in [6.45, 7) is 0. The fourth-order valence-corrected chi connectivity index (χ4v) is 9.07. The summed E-state index contributed by atoms with van der Waals surface area (Å²) in [5, 5.41) is 1.20. The molecule has 0 bridgehead atoms. The third-order valence-electron chi connectivity index (χ3n) is 12.3. The van der Waals surface area contributed by atoms with E-state index in [1.807, 2.05) is 0 Å². The molecule has 0 amide bonds. The first kappa shape index (κ1) is 37.7. The van der Waals surface area contributed by atoms with Gasteiger partial charge in [0.15, 0.2) is 0 Å². The van der Waals surface area contributed by atoms with Gasteiger partial charge in [0.05, 0.1) is 5.52 Å². The van der Waals surface area contributed by atoms with Crippen LogP contribution in [0.1, 0.15) is 0 Å². The molecular weight excluding hydrogens is 759 g/mol. The maximum absolute atomic E-state index is 2.41. The fourth-order valence-electron chi connectivity index (χ4n) is 9.07. The second kappa shape index (κ2) is 16.7. The number of fused-ring (bicyclic) bond motifs is 1. The number of benzene rings is 10. The van der Waals surface area contributed by atoms with Crippen LogP contribution in [0.15, 0.2) is 261 Å². The molecule has 1 aromatic heterocycles. The molecule has 0 N–H and O–H groups in total. The van der Waals surface area contributed by atoms with Crippen molar-refractivity contribution in [2.75, 3.05) is 0 Å². The third kappa shape index (κ3) is 7.47. The summed E-state index contributed by atoms with van der Waals surface area (Å²) in [6, 6.07) is 92.3. The topological polar surface area (TPSA) is 4.93 Å². The SMILES string of the molecule is c1ccc(-c2ccc(-c3cc(-c4ccc(-c5ccccc5)cc4)cc(-n4cc(-c5ccccc5-c5ccccc5)c5cc(-c6ccccc6-c6ccccc6)ccc54)c3)cc2)cc1. The van der Waals surface area contributed by atoms with Crippen LogP contribution in [0.4, 0.5) is 0 Å². The van der Waals surface area contributed by atoms with E-state index in [-0.39, 0.29) is 0 Å². The minimum absolute atomic E-state index is 1.10. The molecule has 1 heteroatoms. The molecule has 0 saturated heterocycles. The smallest absolute Gasteiger partial charge is 0.0535 e. The maximum Gasteiger partial charge on any atom is 0.0535 e. The van der Waals surface area contributed by atoms with Gasteiger partial charge in [-0.2, -0.15) is 0 Å². The summed E-state index contributed by atoms with van der Waals surface area (Å²) < 4.78 is 2.41. The van der Waals surface area contributed by atoms with Crippen LogP contribution in [-0.2, 0) is 0 Å².